The Bertz CT molecular complexity index is 815. The van der Waals surface area contributed by atoms with E-state index in [-0.39, 0.29) is 30.2 Å². The molecule has 8 heteroatoms. The first-order chi connectivity index (χ1) is 11.1. The summed E-state index contributed by atoms with van der Waals surface area (Å²) < 4.78 is 19.1. The third kappa shape index (κ3) is 2.69. The van der Waals surface area contributed by atoms with E-state index in [2.05, 4.69) is 15.4 Å². The van der Waals surface area contributed by atoms with E-state index in [1.165, 1.54) is 18.2 Å². The topological polar surface area (TPSA) is 114 Å². The lowest BCUT2D eigenvalue weighted by Gasteiger charge is -2.19. The average molecular weight is 316 g/mol. The minimum atomic E-state index is -1.56. The standard InChI is InChI=1S/C15H13FN4O3/c16-11-4-2-1-3-9(11)7-15(17)14(19-22)13(18-20-15)12-6-5-10(8-21)23-12/h1-6,21H,7-8,17H2. The number of azo groups is 1. The summed E-state index contributed by atoms with van der Waals surface area (Å²) in [5.74, 6) is 0.0663. The summed E-state index contributed by atoms with van der Waals surface area (Å²) in [5, 5.41) is 19.7. The molecule has 2 aromatic rings. The maximum absolute atomic E-state index is 13.8. The van der Waals surface area contributed by atoms with Gasteiger partial charge in [0, 0.05) is 6.42 Å². The van der Waals surface area contributed by atoms with Gasteiger partial charge < -0.3 is 15.3 Å². The van der Waals surface area contributed by atoms with E-state index >= 15 is 0 Å². The summed E-state index contributed by atoms with van der Waals surface area (Å²) in [6, 6.07) is 9.12. The van der Waals surface area contributed by atoms with Crippen molar-refractivity contribution in [2.45, 2.75) is 18.7 Å². The van der Waals surface area contributed by atoms with Gasteiger partial charge in [-0.05, 0) is 28.9 Å². The Labute approximate surface area is 130 Å². The van der Waals surface area contributed by atoms with Gasteiger partial charge in [-0.15, -0.1) is 10.0 Å². The molecule has 3 rings (SSSR count). The molecule has 0 saturated heterocycles. The number of halogens is 1. The van der Waals surface area contributed by atoms with Crippen LogP contribution in [0.5, 0.6) is 0 Å². The van der Waals surface area contributed by atoms with E-state index in [1.54, 1.807) is 18.2 Å². The second-order valence-corrected chi connectivity index (χ2v) is 5.11. The Morgan fingerprint density at radius 2 is 2.09 bits per heavy atom. The molecule has 1 aromatic heterocycles. The van der Waals surface area contributed by atoms with Crippen LogP contribution >= 0.6 is 0 Å². The van der Waals surface area contributed by atoms with Crippen LogP contribution in [0.15, 0.2) is 61.9 Å². The summed E-state index contributed by atoms with van der Waals surface area (Å²) >= 11 is 0. The van der Waals surface area contributed by atoms with Crippen molar-refractivity contribution in [3.05, 3.63) is 69.9 Å². The molecular weight excluding hydrogens is 303 g/mol. The van der Waals surface area contributed by atoms with Crippen LogP contribution in [-0.2, 0) is 13.0 Å². The molecule has 0 aliphatic carbocycles. The zero-order chi connectivity index (χ0) is 16.4. The van der Waals surface area contributed by atoms with Crippen LogP contribution in [0.1, 0.15) is 17.1 Å². The van der Waals surface area contributed by atoms with Crippen LogP contribution in [0.25, 0.3) is 5.70 Å². The highest BCUT2D eigenvalue weighted by Gasteiger charge is 2.40. The van der Waals surface area contributed by atoms with Crippen LogP contribution in [0.2, 0.25) is 0 Å². The molecule has 2 heterocycles. The molecule has 1 aliphatic rings. The third-order valence-corrected chi connectivity index (χ3v) is 3.52. The first-order valence-corrected chi connectivity index (χ1v) is 6.80. The Morgan fingerprint density at radius 1 is 1.30 bits per heavy atom. The van der Waals surface area contributed by atoms with E-state index in [4.69, 9.17) is 15.3 Å². The average Bonchev–Trinajstić information content (AvgIpc) is 3.13. The fourth-order valence-corrected chi connectivity index (χ4v) is 2.37. The number of benzene rings is 1. The number of nitrogens with two attached hydrogens (primary N) is 1. The number of nitrogens with zero attached hydrogens (tertiary/aromatic N) is 3. The van der Waals surface area contributed by atoms with Crippen molar-refractivity contribution in [1.29, 1.82) is 0 Å². The highest BCUT2D eigenvalue weighted by molar-refractivity contribution is 5.67. The van der Waals surface area contributed by atoms with Gasteiger partial charge in [0.15, 0.2) is 22.8 Å². The smallest absolute Gasteiger partial charge is 0.182 e. The Morgan fingerprint density at radius 3 is 2.74 bits per heavy atom. The summed E-state index contributed by atoms with van der Waals surface area (Å²) in [5.41, 5.74) is 4.79. The monoisotopic (exact) mass is 316 g/mol. The molecule has 1 aliphatic heterocycles. The van der Waals surface area contributed by atoms with Crippen molar-refractivity contribution in [3.63, 3.8) is 0 Å². The number of aliphatic hydroxyl groups is 1. The minimum absolute atomic E-state index is 0.0681. The van der Waals surface area contributed by atoms with Crippen molar-refractivity contribution in [3.8, 4) is 0 Å². The molecule has 1 atom stereocenters. The van der Waals surface area contributed by atoms with E-state index in [1.807, 2.05) is 0 Å². The predicted molar refractivity (Wildman–Crippen MR) is 79.2 cm³/mol. The molecular formula is C15H13FN4O3. The van der Waals surface area contributed by atoms with Gasteiger partial charge in [-0.2, -0.15) is 5.11 Å². The molecule has 1 unspecified atom stereocenters. The molecule has 1 aromatic carbocycles. The molecule has 0 amide bonds. The van der Waals surface area contributed by atoms with Gasteiger partial charge >= 0.3 is 0 Å². The summed E-state index contributed by atoms with van der Waals surface area (Å²) in [4.78, 5) is 11.3. The van der Waals surface area contributed by atoms with Gasteiger partial charge in [-0.25, -0.2) is 4.39 Å². The maximum Gasteiger partial charge on any atom is 0.182 e. The molecule has 0 fully saturated rings. The summed E-state index contributed by atoms with van der Waals surface area (Å²) in [6.07, 6.45) is -0.0681. The van der Waals surface area contributed by atoms with Gasteiger partial charge in [0.1, 0.15) is 18.2 Å². The van der Waals surface area contributed by atoms with Crippen molar-refractivity contribution in [1.82, 2.24) is 0 Å². The first-order valence-electron chi connectivity index (χ1n) is 6.80. The molecule has 118 valence electrons. The third-order valence-electron chi connectivity index (χ3n) is 3.52. The van der Waals surface area contributed by atoms with Crippen molar-refractivity contribution in [2.75, 3.05) is 0 Å². The predicted octanol–water partition coefficient (Wildman–Crippen LogP) is 2.71. The second-order valence-electron chi connectivity index (χ2n) is 5.11. The van der Waals surface area contributed by atoms with E-state index in [0.717, 1.165) is 0 Å². The molecule has 3 N–H and O–H groups in total. The molecule has 7 nitrogen and oxygen atoms in total. The highest BCUT2D eigenvalue weighted by atomic mass is 19.1. The minimum Gasteiger partial charge on any atom is -0.457 e. The second kappa shape index (κ2) is 5.82. The summed E-state index contributed by atoms with van der Waals surface area (Å²) in [6.45, 7) is -0.294. The molecule has 0 saturated carbocycles. The number of hydrogen-bond donors (Lipinski definition) is 2. The Hall–Kier alpha value is -2.71. The van der Waals surface area contributed by atoms with Crippen LogP contribution in [0, 0.1) is 10.7 Å². The van der Waals surface area contributed by atoms with Crippen molar-refractivity contribution in [2.24, 2.45) is 21.1 Å². The first kappa shape index (κ1) is 15.2. The number of hydrogen-bond acceptors (Lipinski definition) is 7. The van der Waals surface area contributed by atoms with Crippen LogP contribution in [0.3, 0.4) is 0 Å². The quantitative estimate of drug-likeness (QED) is 0.825. The van der Waals surface area contributed by atoms with Crippen LogP contribution in [-0.4, -0.2) is 10.8 Å². The zero-order valence-corrected chi connectivity index (χ0v) is 11.9. The number of furan rings is 1. The van der Waals surface area contributed by atoms with E-state index < -0.39 is 11.5 Å². The highest BCUT2D eigenvalue weighted by Crippen LogP contribution is 2.38. The van der Waals surface area contributed by atoms with Gasteiger partial charge in [0.25, 0.3) is 0 Å². The summed E-state index contributed by atoms with van der Waals surface area (Å²) in [7, 11) is 0. The number of rotatable bonds is 5. The normalized spacial score (nSPS) is 20.3. The molecule has 0 spiro atoms. The molecule has 0 bridgehead atoms. The lowest BCUT2D eigenvalue weighted by Crippen LogP contribution is -2.40. The van der Waals surface area contributed by atoms with Gasteiger partial charge in [0.05, 0.1) is 0 Å². The lowest BCUT2D eigenvalue weighted by molar-refractivity contribution is 0.246. The van der Waals surface area contributed by atoms with Crippen LogP contribution in [0.4, 0.5) is 4.39 Å². The number of aliphatic hydroxyl groups excluding tert-OH is 1. The Balaban J connectivity index is 1.99. The van der Waals surface area contributed by atoms with Crippen molar-refractivity contribution < 1.29 is 13.9 Å². The molecule has 0 radical (unpaired) electrons. The largest absolute Gasteiger partial charge is 0.457 e. The van der Waals surface area contributed by atoms with Gasteiger partial charge in [-0.3, -0.25) is 0 Å². The molecule has 23 heavy (non-hydrogen) atoms. The lowest BCUT2D eigenvalue weighted by atomic mass is 9.97. The van der Waals surface area contributed by atoms with Gasteiger partial charge in [-0.1, -0.05) is 18.2 Å². The number of nitroso groups, excluding NO2 is 1. The maximum atomic E-state index is 13.8. The van der Waals surface area contributed by atoms with Crippen molar-refractivity contribution >= 4 is 5.70 Å². The Kier molecular flexibility index (Phi) is 3.85. The zero-order valence-electron chi connectivity index (χ0n) is 11.9. The SMILES string of the molecule is NC1(Cc2ccccc2F)N=NC(c2ccc(CO)o2)=C1N=O. The van der Waals surface area contributed by atoms with E-state index in [9.17, 15) is 9.30 Å². The fourth-order valence-electron chi connectivity index (χ4n) is 2.37. The van der Waals surface area contributed by atoms with Crippen LogP contribution < -0.4 is 5.73 Å². The fraction of sp³-hybridized carbons (Fsp3) is 0.200. The van der Waals surface area contributed by atoms with Gasteiger partial charge in [0.2, 0.25) is 0 Å². The van der Waals surface area contributed by atoms with E-state index in [0.29, 0.717) is 11.3 Å².